The standard InChI is InChI=1S/C20H31N5O.HI/c1-15(2)14-25-10-9-22-19(25)13-24-20(21-5)23-12-17(4)26-18-8-6-7-16(3)11-18;/h6-11,15,17H,12-14H2,1-5H3,(H2,21,23,24);1H. The number of aryl methyl sites for hydroxylation is 1. The monoisotopic (exact) mass is 485 g/mol. The summed E-state index contributed by atoms with van der Waals surface area (Å²) in [6, 6.07) is 8.08. The van der Waals surface area contributed by atoms with Crippen LogP contribution in [-0.2, 0) is 13.1 Å². The molecule has 150 valence electrons. The number of aromatic nitrogens is 2. The van der Waals surface area contributed by atoms with Gasteiger partial charge >= 0.3 is 0 Å². The van der Waals surface area contributed by atoms with Gasteiger partial charge in [-0.25, -0.2) is 4.98 Å². The fourth-order valence-corrected chi connectivity index (χ4v) is 2.65. The van der Waals surface area contributed by atoms with Crippen LogP contribution in [0.4, 0.5) is 0 Å². The Morgan fingerprint density at radius 2 is 2.04 bits per heavy atom. The van der Waals surface area contributed by atoms with E-state index in [2.05, 4.69) is 52.0 Å². The van der Waals surface area contributed by atoms with Gasteiger partial charge in [0.25, 0.3) is 0 Å². The number of guanidine groups is 1. The van der Waals surface area contributed by atoms with E-state index in [1.807, 2.05) is 37.5 Å². The third kappa shape index (κ3) is 8.19. The van der Waals surface area contributed by atoms with Crippen LogP contribution >= 0.6 is 24.0 Å². The maximum absolute atomic E-state index is 5.94. The van der Waals surface area contributed by atoms with E-state index in [1.54, 1.807) is 7.05 Å². The molecule has 1 atom stereocenters. The Hall–Kier alpha value is -1.77. The lowest BCUT2D eigenvalue weighted by Crippen LogP contribution is -2.41. The lowest BCUT2D eigenvalue weighted by atomic mass is 10.2. The van der Waals surface area contributed by atoms with E-state index in [0.717, 1.165) is 24.1 Å². The van der Waals surface area contributed by atoms with Gasteiger partial charge in [-0.3, -0.25) is 4.99 Å². The molecule has 1 unspecified atom stereocenters. The molecule has 7 heteroatoms. The number of nitrogens with one attached hydrogen (secondary N) is 2. The predicted molar refractivity (Wildman–Crippen MR) is 122 cm³/mol. The van der Waals surface area contributed by atoms with Crippen LogP contribution in [0.1, 0.15) is 32.2 Å². The first-order valence-electron chi connectivity index (χ1n) is 9.15. The number of hydrogen-bond acceptors (Lipinski definition) is 3. The zero-order valence-corrected chi connectivity index (χ0v) is 19.2. The van der Waals surface area contributed by atoms with Gasteiger partial charge in [-0.05, 0) is 37.5 Å². The number of aliphatic imine (C=N–C) groups is 1. The molecule has 0 bridgehead atoms. The second-order valence-corrected chi connectivity index (χ2v) is 6.94. The smallest absolute Gasteiger partial charge is 0.191 e. The SMILES string of the molecule is CN=C(NCc1nccn1CC(C)C)NCC(C)Oc1cccc(C)c1.I. The van der Waals surface area contributed by atoms with Gasteiger partial charge in [0.1, 0.15) is 17.7 Å². The van der Waals surface area contributed by atoms with Crippen LogP contribution < -0.4 is 15.4 Å². The summed E-state index contributed by atoms with van der Waals surface area (Å²) in [6.45, 7) is 10.8. The van der Waals surface area contributed by atoms with Crippen molar-refractivity contribution in [1.29, 1.82) is 0 Å². The Labute approximate surface area is 179 Å². The van der Waals surface area contributed by atoms with Crippen molar-refractivity contribution in [2.75, 3.05) is 13.6 Å². The molecule has 0 amide bonds. The molecule has 0 fully saturated rings. The van der Waals surface area contributed by atoms with E-state index in [9.17, 15) is 0 Å². The number of halogens is 1. The van der Waals surface area contributed by atoms with Gasteiger partial charge in [0.15, 0.2) is 5.96 Å². The van der Waals surface area contributed by atoms with Crippen LogP contribution in [0.2, 0.25) is 0 Å². The van der Waals surface area contributed by atoms with Crippen LogP contribution in [0.3, 0.4) is 0 Å². The number of benzene rings is 1. The first-order valence-corrected chi connectivity index (χ1v) is 9.15. The van der Waals surface area contributed by atoms with Crippen molar-refractivity contribution in [2.45, 2.75) is 46.9 Å². The van der Waals surface area contributed by atoms with Crippen LogP contribution in [-0.4, -0.2) is 35.2 Å². The lowest BCUT2D eigenvalue weighted by Gasteiger charge is -2.18. The van der Waals surface area contributed by atoms with Crippen LogP contribution in [0, 0.1) is 12.8 Å². The van der Waals surface area contributed by atoms with Crippen molar-refractivity contribution in [3.05, 3.63) is 48.0 Å². The normalized spacial score (nSPS) is 12.4. The number of ether oxygens (including phenoxy) is 1. The summed E-state index contributed by atoms with van der Waals surface area (Å²) in [5.74, 6) is 3.22. The first-order chi connectivity index (χ1) is 12.5. The molecule has 1 aromatic heterocycles. The first kappa shape index (κ1) is 23.3. The minimum absolute atomic E-state index is 0. The van der Waals surface area contributed by atoms with E-state index in [-0.39, 0.29) is 30.1 Å². The summed E-state index contributed by atoms with van der Waals surface area (Å²) in [7, 11) is 1.77. The molecule has 2 aromatic rings. The molecule has 6 nitrogen and oxygen atoms in total. The molecule has 2 N–H and O–H groups in total. The van der Waals surface area contributed by atoms with E-state index in [4.69, 9.17) is 4.74 Å². The van der Waals surface area contributed by atoms with E-state index in [1.165, 1.54) is 5.56 Å². The molecule has 0 saturated carbocycles. The third-order valence-corrected chi connectivity index (χ3v) is 3.88. The quantitative estimate of drug-likeness (QED) is 0.341. The zero-order valence-electron chi connectivity index (χ0n) is 16.9. The van der Waals surface area contributed by atoms with Gasteiger partial charge in [-0.1, -0.05) is 26.0 Å². The Kier molecular flexibility index (Phi) is 10.2. The van der Waals surface area contributed by atoms with Gasteiger partial charge in [-0.15, -0.1) is 24.0 Å². The number of nitrogens with zero attached hydrogens (tertiary/aromatic N) is 3. The maximum atomic E-state index is 5.94. The Morgan fingerprint density at radius 3 is 2.70 bits per heavy atom. The minimum atomic E-state index is 0. The van der Waals surface area contributed by atoms with Gasteiger partial charge in [0, 0.05) is 26.0 Å². The van der Waals surface area contributed by atoms with Crippen molar-refractivity contribution in [2.24, 2.45) is 10.9 Å². The molecule has 0 radical (unpaired) electrons. The van der Waals surface area contributed by atoms with E-state index >= 15 is 0 Å². The maximum Gasteiger partial charge on any atom is 0.191 e. The predicted octanol–water partition coefficient (Wildman–Crippen LogP) is 3.60. The highest BCUT2D eigenvalue weighted by atomic mass is 127. The largest absolute Gasteiger partial charge is 0.489 e. The molecule has 27 heavy (non-hydrogen) atoms. The highest BCUT2D eigenvalue weighted by Crippen LogP contribution is 2.13. The van der Waals surface area contributed by atoms with Crippen molar-refractivity contribution < 1.29 is 4.74 Å². The fraction of sp³-hybridized carbons (Fsp3) is 0.500. The summed E-state index contributed by atoms with van der Waals surface area (Å²) in [5.41, 5.74) is 1.19. The number of rotatable bonds is 8. The molecular formula is C20H32IN5O. The summed E-state index contributed by atoms with van der Waals surface area (Å²) in [5, 5.41) is 6.62. The Balaban J connectivity index is 0.00000364. The Bertz CT molecular complexity index is 714. The van der Waals surface area contributed by atoms with Crippen molar-refractivity contribution in [3.63, 3.8) is 0 Å². The van der Waals surface area contributed by atoms with E-state index < -0.39 is 0 Å². The molecule has 2 rings (SSSR count). The zero-order chi connectivity index (χ0) is 18.9. The highest BCUT2D eigenvalue weighted by molar-refractivity contribution is 14.0. The highest BCUT2D eigenvalue weighted by Gasteiger charge is 2.08. The molecule has 0 aliphatic heterocycles. The third-order valence-electron chi connectivity index (χ3n) is 3.88. The van der Waals surface area contributed by atoms with Gasteiger partial charge < -0.3 is 19.9 Å². The minimum Gasteiger partial charge on any atom is -0.489 e. The molecule has 0 aliphatic rings. The van der Waals surface area contributed by atoms with E-state index in [0.29, 0.717) is 19.0 Å². The molecule has 0 aliphatic carbocycles. The molecular weight excluding hydrogens is 453 g/mol. The molecule has 1 heterocycles. The lowest BCUT2D eigenvalue weighted by molar-refractivity contribution is 0.223. The molecule has 0 saturated heterocycles. The Morgan fingerprint density at radius 1 is 1.26 bits per heavy atom. The van der Waals surface area contributed by atoms with Crippen molar-refractivity contribution >= 4 is 29.9 Å². The number of imidazole rings is 1. The average Bonchev–Trinajstić information content (AvgIpc) is 3.01. The number of hydrogen-bond donors (Lipinski definition) is 2. The van der Waals surface area contributed by atoms with Crippen LogP contribution in [0.15, 0.2) is 41.7 Å². The van der Waals surface area contributed by atoms with Gasteiger partial charge in [0.2, 0.25) is 0 Å². The van der Waals surface area contributed by atoms with Crippen LogP contribution in [0.25, 0.3) is 0 Å². The van der Waals surface area contributed by atoms with Crippen LogP contribution in [0.5, 0.6) is 5.75 Å². The molecule has 1 aromatic carbocycles. The van der Waals surface area contributed by atoms with Crippen molar-refractivity contribution in [1.82, 2.24) is 20.2 Å². The van der Waals surface area contributed by atoms with Gasteiger partial charge in [0.05, 0.1) is 13.1 Å². The van der Waals surface area contributed by atoms with Gasteiger partial charge in [-0.2, -0.15) is 0 Å². The average molecular weight is 485 g/mol. The fourth-order valence-electron chi connectivity index (χ4n) is 2.65. The summed E-state index contributed by atoms with van der Waals surface area (Å²) >= 11 is 0. The summed E-state index contributed by atoms with van der Waals surface area (Å²) in [6.07, 6.45) is 3.89. The summed E-state index contributed by atoms with van der Waals surface area (Å²) < 4.78 is 8.12. The molecule has 0 spiro atoms. The second-order valence-electron chi connectivity index (χ2n) is 6.94. The van der Waals surface area contributed by atoms with Crippen molar-refractivity contribution in [3.8, 4) is 5.75 Å². The second kappa shape index (κ2) is 11.8. The summed E-state index contributed by atoms with van der Waals surface area (Å²) in [4.78, 5) is 8.70. The topological polar surface area (TPSA) is 63.5 Å².